The van der Waals surface area contributed by atoms with E-state index in [2.05, 4.69) is 23.0 Å². The molecule has 1 aliphatic heterocycles. The molecule has 1 amide bonds. The minimum Gasteiger partial charge on any atom is -0.496 e. The molecular formula is C17H22N4O2. The van der Waals surface area contributed by atoms with E-state index in [1.807, 2.05) is 29.3 Å². The van der Waals surface area contributed by atoms with Crippen LogP contribution < -0.4 is 4.74 Å². The van der Waals surface area contributed by atoms with Gasteiger partial charge in [0.2, 0.25) is 5.91 Å². The van der Waals surface area contributed by atoms with E-state index in [9.17, 15) is 4.79 Å². The number of carbonyl (C=O) groups is 1. The molecule has 1 saturated heterocycles. The number of hydrogen-bond donors (Lipinski definition) is 0. The van der Waals surface area contributed by atoms with Gasteiger partial charge in [0.05, 0.1) is 19.5 Å². The van der Waals surface area contributed by atoms with Crippen LogP contribution in [0, 0.1) is 0 Å². The molecular weight excluding hydrogens is 292 g/mol. The second-order valence-corrected chi connectivity index (χ2v) is 5.81. The van der Waals surface area contributed by atoms with Gasteiger partial charge in [-0.25, -0.2) is 4.98 Å². The predicted octanol–water partition coefficient (Wildman–Crippen LogP) is 1.41. The van der Waals surface area contributed by atoms with E-state index in [1.165, 1.54) is 0 Å². The van der Waals surface area contributed by atoms with Gasteiger partial charge in [0.25, 0.3) is 0 Å². The maximum absolute atomic E-state index is 12.5. The Morgan fingerprint density at radius 2 is 2.17 bits per heavy atom. The highest BCUT2D eigenvalue weighted by Gasteiger charge is 2.30. The minimum atomic E-state index is 0.121. The zero-order valence-corrected chi connectivity index (χ0v) is 13.6. The lowest BCUT2D eigenvalue weighted by Gasteiger charge is -2.40. The maximum Gasteiger partial charge on any atom is 0.242 e. The van der Waals surface area contributed by atoms with Crippen LogP contribution in [0.25, 0.3) is 0 Å². The Morgan fingerprint density at radius 1 is 1.35 bits per heavy atom. The van der Waals surface area contributed by atoms with Gasteiger partial charge in [-0.1, -0.05) is 18.2 Å². The van der Waals surface area contributed by atoms with Crippen LogP contribution in [-0.4, -0.2) is 59.0 Å². The average Bonchev–Trinajstić information content (AvgIpc) is 3.08. The number of carbonyl (C=O) groups excluding carboxylic acids is 1. The summed E-state index contributed by atoms with van der Waals surface area (Å²) in [5, 5.41) is 0. The number of hydrogen-bond acceptors (Lipinski definition) is 4. The van der Waals surface area contributed by atoms with Crippen molar-refractivity contribution in [1.82, 2.24) is 19.4 Å². The second kappa shape index (κ2) is 6.83. The lowest BCUT2D eigenvalue weighted by molar-refractivity contribution is -0.134. The summed E-state index contributed by atoms with van der Waals surface area (Å²) < 4.78 is 7.29. The number of benzene rings is 1. The van der Waals surface area contributed by atoms with E-state index in [0.29, 0.717) is 13.1 Å². The first-order chi connectivity index (χ1) is 11.2. The Hall–Kier alpha value is -2.34. The van der Waals surface area contributed by atoms with Crippen molar-refractivity contribution in [2.45, 2.75) is 12.6 Å². The van der Waals surface area contributed by atoms with Crippen molar-refractivity contribution in [1.29, 1.82) is 0 Å². The molecule has 1 atom stereocenters. The smallest absolute Gasteiger partial charge is 0.242 e. The Kier molecular flexibility index (Phi) is 4.62. The fourth-order valence-corrected chi connectivity index (χ4v) is 3.01. The lowest BCUT2D eigenvalue weighted by Crippen LogP contribution is -2.49. The molecule has 3 rings (SSSR count). The molecule has 1 aliphatic rings. The number of ether oxygens (including phenoxy) is 1. The van der Waals surface area contributed by atoms with Gasteiger partial charge in [0.1, 0.15) is 12.3 Å². The molecule has 1 aromatic carbocycles. The number of nitrogens with zero attached hydrogens (tertiary/aromatic N) is 4. The third kappa shape index (κ3) is 3.37. The van der Waals surface area contributed by atoms with Crippen LogP contribution in [0.4, 0.5) is 0 Å². The summed E-state index contributed by atoms with van der Waals surface area (Å²) in [6.07, 6.45) is 5.17. The zero-order valence-electron chi connectivity index (χ0n) is 13.6. The average molecular weight is 314 g/mol. The molecule has 1 fully saturated rings. The fraction of sp³-hybridized carbons (Fsp3) is 0.412. The third-order valence-electron chi connectivity index (χ3n) is 4.38. The van der Waals surface area contributed by atoms with Gasteiger partial charge in [-0.05, 0) is 13.1 Å². The van der Waals surface area contributed by atoms with Gasteiger partial charge < -0.3 is 14.2 Å². The van der Waals surface area contributed by atoms with E-state index < -0.39 is 0 Å². The van der Waals surface area contributed by atoms with Gasteiger partial charge in [-0.3, -0.25) is 9.69 Å². The van der Waals surface area contributed by atoms with Gasteiger partial charge in [-0.15, -0.1) is 0 Å². The lowest BCUT2D eigenvalue weighted by atomic mass is 10.0. The highest BCUT2D eigenvalue weighted by atomic mass is 16.5. The summed E-state index contributed by atoms with van der Waals surface area (Å²) in [4.78, 5) is 20.7. The topological polar surface area (TPSA) is 50.6 Å². The third-order valence-corrected chi connectivity index (χ3v) is 4.38. The van der Waals surface area contributed by atoms with Gasteiger partial charge >= 0.3 is 0 Å². The summed E-state index contributed by atoms with van der Waals surface area (Å²) in [6, 6.07) is 8.16. The Balaban J connectivity index is 1.75. The van der Waals surface area contributed by atoms with Crippen molar-refractivity contribution in [2.75, 3.05) is 33.8 Å². The van der Waals surface area contributed by atoms with Crippen molar-refractivity contribution >= 4 is 5.91 Å². The van der Waals surface area contributed by atoms with Crippen LogP contribution in [-0.2, 0) is 11.3 Å². The second-order valence-electron chi connectivity index (χ2n) is 5.81. The predicted molar refractivity (Wildman–Crippen MR) is 87.2 cm³/mol. The Bertz CT molecular complexity index is 656. The van der Waals surface area contributed by atoms with Crippen LogP contribution in [0.15, 0.2) is 43.0 Å². The molecule has 23 heavy (non-hydrogen) atoms. The fourth-order valence-electron chi connectivity index (χ4n) is 3.01. The quantitative estimate of drug-likeness (QED) is 0.856. The summed E-state index contributed by atoms with van der Waals surface area (Å²) >= 11 is 0. The van der Waals surface area contributed by atoms with Gasteiger partial charge in [0, 0.05) is 37.6 Å². The number of amides is 1. The molecule has 122 valence electrons. The molecule has 6 heteroatoms. The molecule has 0 N–H and O–H groups in total. The number of rotatable bonds is 4. The monoisotopic (exact) mass is 314 g/mol. The molecule has 0 unspecified atom stereocenters. The molecule has 0 bridgehead atoms. The molecule has 0 saturated carbocycles. The molecule has 0 aliphatic carbocycles. The number of imidazole rings is 1. The first kappa shape index (κ1) is 15.6. The number of aromatic nitrogens is 2. The summed E-state index contributed by atoms with van der Waals surface area (Å²) in [5.41, 5.74) is 1.12. The van der Waals surface area contributed by atoms with E-state index in [-0.39, 0.29) is 11.9 Å². The van der Waals surface area contributed by atoms with Crippen molar-refractivity contribution in [3.63, 3.8) is 0 Å². The van der Waals surface area contributed by atoms with E-state index in [4.69, 9.17) is 4.74 Å². The molecule has 6 nitrogen and oxygen atoms in total. The van der Waals surface area contributed by atoms with E-state index in [1.54, 1.807) is 24.2 Å². The molecule has 2 heterocycles. The summed E-state index contributed by atoms with van der Waals surface area (Å²) in [7, 11) is 3.78. The van der Waals surface area contributed by atoms with Crippen molar-refractivity contribution in [2.24, 2.45) is 0 Å². The first-order valence-electron chi connectivity index (χ1n) is 7.75. The molecule has 1 aromatic heterocycles. The summed E-state index contributed by atoms with van der Waals surface area (Å²) in [6.45, 7) is 2.60. The molecule has 0 radical (unpaired) electrons. The van der Waals surface area contributed by atoms with E-state index in [0.717, 1.165) is 24.4 Å². The summed E-state index contributed by atoms with van der Waals surface area (Å²) in [5.74, 6) is 0.990. The highest BCUT2D eigenvalue weighted by Crippen LogP contribution is 2.31. The zero-order chi connectivity index (χ0) is 16.2. The number of methoxy groups -OCH3 is 1. The minimum absolute atomic E-state index is 0.121. The van der Waals surface area contributed by atoms with E-state index >= 15 is 0 Å². The largest absolute Gasteiger partial charge is 0.496 e. The van der Waals surface area contributed by atoms with Gasteiger partial charge in [0.15, 0.2) is 0 Å². The van der Waals surface area contributed by atoms with Crippen LogP contribution in [0.5, 0.6) is 5.75 Å². The van der Waals surface area contributed by atoms with Crippen molar-refractivity contribution < 1.29 is 9.53 Å². The first-order valence-corrected chi connectivity index (χ1v) is 7.75. The number of para-hydroxylation sites is 1. The maximum atomic E-state index is 12.5. The van der Waals surface area contributed by atoms with Crippen LogP contribution in [0.3, 0.4) is 0 Å². The van der Waals surface area contributed by atoms with Crippen LogP contribution >= 0.6 is 0 Å². The Labute approximate surface area is 136 Å². The molecule has 0 spiro atoms. The van der Waals surface area contributed by atoms with Crippen LogP contribution in [0.1, 0.15) is 11.6 Å². The van der Waals surface area contributed by atoms with Gasteiger partial charge in [-0.2, -0.15) is 0 Å². The Morgan fingerprint density at radius 3 is 2.91 bits per heavy atom. The van der Waals surface area contributed by atoms with Crippen molar-refractivity contribution in [3.05, 3.63) is 48.5 Å². The normalized spacial score (nSPS) is 18.9. The number of piperazine rings is 1. The van der Waals surface area contributed by atoms with Crippen LogP contribution in [0.2, 0.25) is 0 Å². The molecule has 2 aromatic rings. The SMILES string of the molecule is COc1ccccc1[C@H]1CN(C(=O)Cn2ccnc2)CCN1C. The van der Waals surface area contributed by atoms with Crippen molar-refractivity contribution in [3.8, 4) is 5.75 Å². The number of likely N-dealkylation sites (N-methyl/N-ethyl adjacent to an activating group) is 1. The highest BCUT2D eigenvalue weighted by molar-refractivity contribution is 5.76. The standard InChI is InChI=1S/C17H22N4O2/c1-19-9-10-21(17(22)12-20-8-7-18-13-20)11-15(19)14-5-3-4-6-16(14)23-2/h3-8,13,15H,9-12H2,1-2H3/t15-/m1/s1.